The van der Waals surface area contributed by atoms with Crippen LogP contribution in [0.1, 0.15) is 13.8 Å². The molecule has 0 amide bonds. The molecule has 0 aromatic heterocycles. The highest BCUT2D eigenvalue weighted by Crippen LogP contribution is 2.05. The monoisotopic (exact) mass is 159 g/mol. The molecule has 4 heteroatoms. The van der Waals surface area contributed by atoms with Crippen molar-refractivity contribution in [1.29, 1.82) is 5.26 Å². The lowest BCUT2D eigenvalue weighted by Crippen LogP contribution is -2.36. The summed E-state index contributed by atoms with van der Waals surface area (Å²) in [6.45, 7) is 4.13. The summed E-state index contributed by atoms with van der Waals surface area (Å²) in [4.78, 5) is 0. The van der Waals surface area contributed by atoms with Crippen molar-refractivity contribution in [2.24, 2.45) is 0 Å². The molecule has 64 valence electrons. The summed E-state index contributed by atoms with van der Waals surface area (Å²) in [5.74, 6) is -1.77. The molecule has 0 heterocycles. The molecular weight excluding hydrogens is 146 g/mol. The Morgan fingerprint density at radius 2 is 2.09 bits per heavy atom. The van der Waals surface area contributed by atoms with Crippen molar-refractivity contribution in [3.05, 3.63) is 0 Å². The largest absolute Gasteiger partial charge is 0.375 e. The highest BCUT2D eigenvalue weighted by molar-refractivity contribution is 4.91. The summed E-state index contributed by atoms with van der Waals surface area (Å²) < 4.78 is 9.59. The van der Waals surface area contributed by atoms with Gasteiger partial charge in [-0.05, 0) is 13.8 Å². The minimum absolute atomic E-state index is 0.103. The maximum absolute atomic E-state index is 9.24. The van der Waals surface area contributed by atoms with E-state index in [1.165, 1.54) is 0 Å². The van der Waals surface area contributed by atoms with Crippen molar-refractivity contribution < 1.29 is 14.6 Å². The first kappa shape index (κ1) is 10.4. The van der Waals surface area contributed by atoms with Gasteiger partial charge in [0.1, 0.15) is 12.7 Å². The number of rotatable bonds is 5. The van der Waals surface area contributed by atoms with E-state index in [-0.39, 0.29) is 13.2 Å². The Labute approximate surface area is 66.3 Å². The Balaban J connectivity index is 3.81. The second-order valence-electron chi connectivity index (χ2n) is 1.97. The van der Waals surface area contributed by atoms with Crippen LogP contribution in [0.4, 0.5) is 0 Å². The summed E-state index contributed by atoms with van der Waals surface area (Å²) in [5.41, 5.74) is 0. The molecule has 1 N–H and O–H groups in total. The molecule has 11 heavy (non-hydrogen) atoms. The van der Waals surface area contributed by atoms with Crippen LogP contribution in [0, 0.1) is 11.3 Å². The third-order valence-corrected chi connectivity index (χ3v) is 1.06. The summed E-state index contributed by atoms with van der Waals surface area (Å²) in [6.07, 6.45) is 0. The lowest BCUT2D eigenvalue weighted by molar-refractivity contribution is -0.189. The SMILES string of the molecule is CCOCC(O)(C#N)OCC. The van der Waals surface area contributed by atoms with Gasteiger partial charge < -0.3 is 14.6 Å². The van der Waals surface area contributed by atoms with Gasteiger partial charge in [-0.2, -0.15) is 5.26 Å². The minimum Gasteiger partial charge on any atom is -0.375 e. The molecule has 0 aliphatic carbocycles. The molecule has 0 bridgehead atoms. The zero-order chi connectivity index (χ0) is 8.74. The molecule has 0 saturated carbocycles. The zero-order valence-corrected chi connectivity index (χ0v) is 6.83. The molecule has 4 nitrogen and oxygen atoms in total. The van der Waals surface area contributed by atoms with Crippen LogP contribution in [0.25, 0.3) is 0 Å². The first-order chi connectivity index (χ1) is 5.18. The van der Waals surface area contributed by atoms with Crippen molar-refractivity contribution in [2.75, 3.05) is 19.8 Å². The number of hydrogen-bond acceptors (Lipinski definition) is 4. The molecule has 0 rings (SSSR count). The summed E-state index contributed by atoms with van der Waals surface area (Å²) >= 11 is 0. The maximum Gasteiger partial charge on any atom is 0.281 e. The average Bonchev–Trinajstić information content (AvgIpc) is 2.02. The van der Waals surface area contributed by atoms with Crippen LogP contribution in [0.3, 0.4) is 0 Å². The van der Waals surface area contributed by atoms with Gasteiger partial charge >= 0.3 is 0 Å². The Kier molecular flexibility index (Phi) is 4.79. The predicted octanol–water partition coefficient (Wildman–Crippen LogP) is 0.272. The minimum atomic E-state index is -1.77. The highest BCUT2D eigenvalue weighted by atomic mass is 16.6. The molecule has 0 fully saturated rings. The molecule has 0 radical (unpaired) electrons. The molecule has 0 aromatic carbocycles. The molecular formula is C7H13NO3. The van der Waals surface area contributed by atoms with Crippen LogP contribution >= 0.6 is 0 Å². The summed E-state index contributed by atoms with van der Waals surface area (Å²) in [6, 6.07) is 1.62. The van der Waals surface area contributed by atoms with Gasteiger partial charge in [0.05, 0.1) is 0 Å². The summed E-state index contributed by atoms with van der Waals surface area (Å²) in [7, 11) is 0. The molecule has 0 saturated heterocycles. The van der Waals surface area contributed by atoms with Gasteiger partial charge in [0.15, 0.2) is 0 Å². The van der Waals surface area contributed by atoms with Crippen LogP contribution in [0.2, 0.25) is 0 Å². The van der Waals surface area contributed by atoms with Gasteiger partial charge in [-0.3, -0.25) is 0 Å². The van der Waals surface area contributed by atoms with Crippen molar-refractivity contribution in [3.8, 4) is 6.07 Å². The van der Waals surface area contributed by atoms with Gasteiger partial charge in [-0.25, -0.2) is 0 Å². The van der Waals surface area contributed by atoms with Gasteiger partial charge in [0, 0.05) is 13.2 Å². The highest BCUT2D eigenvalue weighted by Gasteiger charge is 2.26. The maximum atomic E-state index is 9.24. The Morgan fingerprint density at radius 3 is 2.45 bits per heavy atom. The number of aliphatic hydroxyl groups is 1. The van der Waals surface area contributed by atoms with Gasteiger partial charge in [0.25, 0.3) is 5.79 Å². The number of nitriles is 1. The number of hydrogen-bond donors (Lipinski definition) is 1. The van der Waals surface area contributed by atoms with E-state index in [1.54, 1.807) is 19.9 Å². The van der Waals surface area contributed by atoms with E-state index in [2.05, 4.69) is 0 Å². The van der Waals surface area contributed by atoms with Crippen LogP contribution in [0.5, 0.6) is 0 Å². The van der Waals surface area contributed by atoms with Crippen molar-refractivity contribution >= 4 is 0 Å². The quantitative estimate of drug-likeness (QED) is 0.462. The normalized spacial score (nSPS) is 15.5. The lowest BCUT2D eigenvalue weighted by Gasteiger charge is -2.18. The zero-order valence-electron chi connectivity index (χ0n) is 6.83. The van der Waals surface area contributed by atoms with E-state index in [0.29, 0.717) is 6.61 Å². The Hall–Kier alpha value is -0.630. The van der Waals surface area contributed by atoms with Crippen LogP contribution in [-0.4, -0.2) is 30.7 Å². The summed E-state index contributed by atoms with van der Waals surface area (Å²) in [5, 5.41) is 17.7. The number of ether oxygens (including phenoxy) is 2. The van der Waals surface area contributed by atoms with Crippen molar-refractivity contribution in [2.45, 2.75) is 19.6 Å². The first-order valence-electron chi connectivity index (χ1n) is 3.54. The Bertz CT molecular complexity index is 143. The molecule has 1 atom stereocenters. The van der Waals surface area contributed by atoms with Crippen LogP contribution in [0.15, 0.2) is 0 Å². The van der Waals surface area contributed by atoms with E-state index in [0.717, 1.165) is 0 Å². The van der Waals surface area contributed by atoms with E-state index in [9.17, 15) is 5.11 Å². The third-order valence-electron chi connectivity index (χ3n) is 1.06. The molecule has 1 unspecified atom stereocenters. The van der Waals surface area contributed by atoms with Gasteiger partial charge in [-0.15, -0.1) is 0 Å². The second kappa shape index (κ2) is 5.08. The van der Waals surface area contributed by atoms with Gasteiger partial charge in [0.2, 0.25) is 0 Å². The van der Waals surface area contributed by atoms with Crippen molar-refractivity contribution in [1.82, 2.24) is 0 Å². The fourth-order valence-corrected chi connectivity index (χ4v) is 0.585. The number of nitrogens with zero attached hydrogens (tertiary/aromatic N) is 1. The first-order valence-corrected chi connectivity index (χ1v) is 3.54. The molecule has 0 aromatic rings. The Morgan fingerprint density at radius 1 is 1.45 bits per heavy atom. The van der Waals surface area contributed by atoms with E-state index in [1.807, 2.05) is 0 Å². The van der Waals surface area contributed by atoms with Gasteiger partial charge in [-0.1, -0.05) is 0 Å². The van der Waals surface area contributed by atoms with Crippen molar-refractivity contribution in [3.63, 3.8) is 0 Å². The molecule has 0 spiro atoms. The predicted molar refractivity (Wildman–Crippen MR) is 38.7 cm³/mol. The fourth-order valence-electron chi connectivity index (χ4n) is 0.585. The smallest absolute Gasteiger partial charge is 0.281 e. The fraction of sp³-hybridized carbons (Fsp3) is 0.857. The lowest BCUT2D eigenvalue weighted by atomic mass is 10.3. The van der Waals surface area contributed by atoms with E-state index < -0.39 is 5.79 Å². The topological polar surface area (TPSA) is 62.5 Å². The third kappa shape index (κ3) is 3.94. The second-order valence-corrected chi connectivity index (χ2v) is 1.97. The van der Waals surface area contributed by atoms with Crippen LogP contribution in [-0.2, 0) is 9.47 Å². The van der Waals surface area contributed by atoms with Crippen LogP contribution < -0.4 is 0 Å². The van der Waals surface area contributed by atoms with E-state index >= 15 is 0 Å². The molecule has 0 aliphatic rings. The molecule has 0 aliphatic heterocycles. The van der Waals surface area contributed by atoms with E-state index in [4.69, 9.17) is 14.7 Å². The average molecular weight is 159 g/mol. The standard InChI is InChI=1S/C7H13NO3/c1-3-10-6-7(9,5-8)11-4-2/h9H,3-4,6H2,1-2H3.